The standard InChI is InChI=1S/C13H16FNO3/c1-13(2,7-11(16)18-3)12(17)9-6-8(15)4-5-10(9)14/h4-6H,7,15H2,1-3H3. The predicted molar refractivity (Wildman–Crippen MR) is 65.6 cm³/mol. The molecule has 1 aromatic rings. The first-order valence-corrected chi connectivity index (χ1v) is 5.44. The third-order valence-electron chi connectivity index (χ3n) is 2.66. The Morgan fingerprint density at radius 1 is 1.39 bits per heavy atom. The van der Waals surface area contributed by atoms with Crippen LogP contribution in [0.2, 0.25) is 0 Å². The molecular weight excluding hydrogens is 237 g/mol. The van der Waals surface area contributed by atoms with Gasteiger partial charge in [0.15, 0.2) is 5.78 Å². The fourth-order valence-electron chi connectivity index (χ4n) is 1.59. The molecule has 0 radical (unpaired) electrons. The number of anilines is 1. The summed E-state index contributed by atoms with van der Waals surface area (Å²) in [6, 6.07) is 3.78. The van der Waals surface area contributed by atoms with Crippen molar-refractivity contribution in [3.8, 4) is 0 Å². The number of methoxy groups -OCH3 is 1. The lowest BCUT2D eigenvalue weighted by Gasteiger charge is -2.22. The molecule has 0 aromatic heterocycles. The Kier molecular flexibility index (Phi) is 4.06. The Morgan fingerprint density at radius 2 is 2.00 bits per heavy atom. The summed E-state index contributed by atoms with van der Waals surface area (Å²) < 4.78 is 18.1. The fourth-order valence-corrected chi connectivity index (χ4v) is 1.59. The van der Waals surface area contributed by atoms with Crippen molar-refractivity contribution in [1.29, 1.82) is 0 Å². The van der Waals surface area contributed by atoms with Gasteiger partial charge in [-0.2, -0.15) is 0 Å². The molecule has 1 rings (SSSR count). The average molecular weight is 253 g/mol. The lowest BCUT2D eigenvalue weighted by Crippen LogP contribution is -2.28. The third-order valence-corrected chi connectivity index (χ3v) is 2.66. The van der Waals surface area contributed by atoms with Crippen molar-refractivity contribution in [2.24, 2.45) is 5.41 Å². The van der Waals surface area contributed by atoms with Gasteiger partial charge in [0, 0.05) is 11.1 Å². The van der Waals surface area contributed by atoms with Crippen LogP contribution in [-0.4, -0.2) is 18.9 Å². The zero-order valence-electron chi connectivity index (χ0n) is 10.6. The van der Waals surface area contributed by atoms with Crippen molar-refractivity contribution in [3.05, 3.63) is 29.6 Å². The Labute approximate surface area is 105 Å². The van der Waals surface area contributed by atoms with Crippen LogP contribution in [0.3, 0.4) is 0 Å². The Hall–Kier alpha value is -1.91. The van der Waals surface area contributed by atoms with Gasteiger partial charge in [-0.05, 0) is 18.2 Å². The monoisotopic (exact) mass is 253 g/mol. The van der Waals surface area contributed by atoms with Gasteiger partial charge in [0.25, 0.3) is 0 Å². The number of esters is 1. The quantitative estimate of drug-likeness (QED) is 0.507. The summed E-state index contributed by atoms with van der Waals surface area (Å²) in [4.78, 5) is 23.4. The van der Waals surface area contributed by atoms with Gasteiger partial charge in [0.05, 0.1) is 19.1 Å². The van der Waals surface area contributed by atoms with E-state index in [1.807, 2.05) is 0 Å². The van der Waals surface area contributed by atoms with E-state index in [0.717, 1.165) is 6.07 Å². The minimum absolute atomic E-state index is 0.107. The van der Waals surface area contributed by atoms with Gasteiger partial charge < -0.3 is 10.5 Å². The number of ether oxygens (including phenoxy) is 1. The number of hydrogen-bond acceptors (Lipinski definition) is 4. The highest BCUT2D eigenvalue weighted by atomic mass is 19.1. The van der Waals surface area contributed by atoms with E-state index in [2.05, 4.69) is 4.74 Å². The maximum absolute atomic E-state index is 13.6. The fraction of sp³-hybridized carbons (Fsp3) is 0.385. The SMILES string of the molecule is COC(=O)CC(C)(C)C(=O)c1cc(N)ccc1F. The van der Waals surface area contributed by atoms with E-state index in [0.29, 0.717) is 5.69 Å². The van der Waals surface area contributed by atoms with Crippen molar-refractivity contribution < 1.29 is 18.7 Å². The number of benzene rings is 1. The summed E-state index contributed by atoms with van der Waals surface area (Å²) >= 11 is 0. The number of nitrogen functional groups attached to an aromatic ring is 1. The average Bonchev–Trinajstić information content (AvgIpc) is 2.30. The van der Waals surface area contributed by atoms with Crippen LogP contribution in [0.4, 0.5) is 10.1 Å². The summed E-state index contributed by atoms with van der Waals surface area (Å²) in [5, 5.41) is 0. The first-order chi connectivity index (χ1) is 8.27. The van der Waals surface area contributed by atoms with Gasteiger partial charge in [0.1, 0.15) is 5.82 Å². The summed E-state index contributed by atoms with van der Waals surface area (Å²) in [6.45, 7) is 3.13. The van der Waals surface area contributed by atoms with Crippen molar-refractivity contribution in [3.63, 3.8) is 0 Å². The molecule has 0 saturated carbocycles. The second kappa shape index (κ2) is 5.16. The van der Waals surface area contributed by atoms with Crippen LogP contribution < -0.4 is 5.73 Å². The second-order valence-corrected chi connectivity index (χ2v) is 4.71. The summed E-state index contributed by atoms with van der Waals surface area (Å²) in [5.74, 6) is -1.64. The summed E-state index contributed by atoms with van der Waals surface area (Å²) in [6.07, 6.45) is -0.115. The molecule has 5 heteroatoms. The topological polar surface area (TPSA) is 69.4 Å². The molecule has 0 unspecified atom stereocenters. The first-order valence-electron chi connectivity index (χ1n) is 5.44. The van der Waals surface area contributed by atoms with Gasteiger partial charge in [-0.15, -0.1) is 0 Å². The lowest BCUT2D eigenvalue weighted by molar-refractivity contribution is -0.142. The van der Waals surface area contributed by atoms with Crippen LogP contribution in [0.25, 0.3) is 0 Å². The molecular formula is C13H16FNO3. The second-order valence-electron chi connectivity index (χ2n) is 4.71. The Balaban J connectivity index is 3.05. The highest BCUT2D eigenvalue weighted by Gasteiger charge is 2.33. The number of Topliss-reactive ketones (excluding diaryl/α,β-unsaturated/α-hetero) is 1. The van der Waals surface area contributed by atoms with E-state index in [1.54, 1.807) is 13.8 Å². The van der Waals surface area contributed by atoms with Crippen molar-refractivity contribution in [1.82, 2.24) is 0 Å². The smallest absolute Gasteiger partial charge is 0.306 e. The van der Waals surface area contributed by atoms with E-state index in [-0.39, 0.29) is 12.0 Å². The maximum Gasteiger partial charge on any atom is 0.306 e. The molecule has 1 aromatic carbocycles. The molecule has 0 fully saturated rings. The van der Waals surface area contributed by atoms with E-state index in [4.69, 9.17) is 5.73 Å². The summed E-state index contributed by atoms with van der Waals surface area (Å²) in [7, 11) is 1.24. The molecule has 0 heterocycles. The molecule has 0 aliphatic heterocycles. The largest absolute Gasteiger partial charge is 0.469 e. The highest BCUT2D eigenvalue weighted by Crippen LogP contribution is 2.28. The minimum atomic E-state index is -1.04. The third kappa shape index (κ3) is 3.06. The number of halogens is 1. The molecule has 0 spiro atoms. The number of rotatable bonds is 4. The number of hydrogen-bond donors (Lipinski definition) is 1. The van der Waals surface area contributed by atoms with E-state index < -0.39 is 23.0 Å². The van der Waals surface area contributed by atoms with Crippen LogP contribution in [-0.2, 0) is 9.53 Å². The molecule has 0 aliphatic carbocycles. The van der Waals surface area contributed by atoms with Gasteiger partial charge in [-0.1, -0.05) is 13.8 Å². The number of nitrogens with two attached hydrogens (primary N) is 1. The van der Waals surface area contributed by atoms with Crippen LogP contribution in [0.15, 0.2) is 18.2 Å². The lowest BCUT2D eigenvalue weighted by atomic mass is 9.81. The summed E-state index contributed by atoms with van der Waals surface area (Å²) in [5.41, 5.74) is 4.68. The molecule has 98 valence electrons. The molecule has 2 N–H and O–H groups in total. The predicted octanol–water partition coefficient (Wildman–Crippen LogP) is 2.18. The molecule has 0 atom stereocenters. The van der Waals surface area contributed by atoms with Crippen molar-refractivity contribution >= 4 is 17.4 Å². The zero-order valence-corrected chi connectivity index (χ0v) is 10.6. The number of carbonyl (C=O) groups is 2. The van der Waals surface area contributed by atoms with Crippen molar-refractivity contribution in [2.75, 3.05) is 12.8 Å². The Bertz CT molecular complexity index is 483. The van der Waals surface area contributed by atoms with E-state index >= 15 is 0 Å². The number of carbonyl (C=O) groups excluding carboxylic acids is 2. The van der Waals surface area contributed by atoms with E-state index in [1.165, 1.54) is 19.2 Å². The highest BCUT2D eigenvalue weighted by molar-refractivity contribution is 6.02. The van der Waals surface area contributed by atoms with E-state index in [9.17, 15) is 14.0 Å². The number of ketones is 1. The van der Waals surface area contributed by atoms with Gasteiger partial charge in [0.2, 0.25) is 0 Å². The van der Waals surface area contributed by atoms with Crippen LogP contribution in [0.5, 0.6) is 0 Å². The van der Waals surface area contributed by atoms with Gasteiger partial charge in [-0.25, -0.2) is 4.39 Å². The molecule has 0 amide bonds. The zero-order chi connectivity index (χ0) is 13.9. The first kappa shape index (κ1) is 14.2. The molecule has 0 saturated heterocycles. The van der Waals surface area contributed by atoms with Gasteiger partial charge in [-0.3, -0.25) is 9.59 Å². The normalized spacial score (nSPS) is 11.1. The van der Waals surface area contributed by atoms with Crippen molar-refractivity contribution in [2.45, 2.75) is 20.3 Å². The van der Waals surface area contributed by atoms with Crippen LogP contribution in [0, 0.1) is 11.2 Å². The molecule has 0 bridgehead atoms. The van der Waals surface area contributed by atoms with Crippen LogP contribution in [0.1, 0.15) is 30.6 Å². The Morgan fingerprint density at radius 3 is 2.56 bits per heavy atom. The molecule has 0 aliphatic rings. The van der Waals surface area contributed by atoms with Gasteiger partial charge >= 0.3 is 5.97 Å². The molecule has 18 heavy (non-hydrogen) atoms. The molecule has 4 nitrogen and oxygen atoms in total. The van der Waals surface area contributed by atoms with Crippen LogP contribution >= 0.6 is 0 Å². The maximum atomic E-state index is 13.6. The minimum Gasteiger partial charge on any atom is -0.469 e.